The molecular weight excluding hydrogens is 437 g/mol. The zero-order chi connectivity index (χ0) is 21.8. The third kappa shape index (κ3) is 4.53. The minimum absolute atomic E-state index is 0.271. The number of urea groups is 1. The first kappa shape index (κ1) is 21.5. The lowest BCUT2D eigenvalue weighted by Gasteiger charge is -2.13. The van der Waals surface area contributed by atoms with Gasteiger partial charge in [0.25, 0.3) is 5.91 Å². The zero-order valence-corrected chi connectivity index (χ0v) is 16.9. The third-order valence-electron chi connectivity index (χ3n) is 4.12. The van der Waals surface area contributed by atoms with E-state index < -0.39 is 29.1 Å². The van der Waals surface area contributed by atoms with E-state index in [1.807, 2.05) is 5.32 Å². The van der Waals surface area contributed by atoms with Gasteiger partial charge in [-0.1, -0.05) is 41.4 Å². The van der Waals surface area contributed by atoms with Crippen LogP contribution in [0.4, 0.5) is 19.3 Å². The molecule has 0 aliphatic rings. The van der Waals surface area contributed by atoms with Crippen LogP contribution >= 0.6 is 23.2 Å². The second kappa shape index (κ2) is 9.11. The average molecular weight is 451 g/mol. The molecule has 30 heavy (non-hydrogen) atoms. The zero-order valence-electron chi connectivity index (χ0n) is 15.4. The van der Waals surface area contributed by atoms with Gasteiger partial charge < -0.3 is 10.1 Å². The summed E-state index contributed by atoms with van der Waals surface area (Å²) in [5.74, 6) is -2.99. The smallest absolute Gasteiger partial charge is 0.326 e. The number of ether oxygens (including phenoxy) is 1. The predicted molar refractivity (Wildman–Crippen MR) is 111 cm³/mol. The molecule has 3 amide bonds. The molecule has 0 saturated heterocycles. The highest BCUT2D eigenvalue weighted by molar-refractivity contribution is 6.43. The van der Waals surface area contributed by atoms with Crippen LogP contribution in [-0.2, 0) is 0 Å². The van der Waals surface area contributed by atoms with Gasteiger partial charge in [0, 0.05) is 22.9 Å². The topological polar surface area (TPSA) is 67.4 Å². The Balaban J connectivity index is 1.79. The molecule has 0 spiro atoms. The van der Waals surface area contributed by atoms with E-state index in [9.17, 15) is 18.4 Å². The molecular formula is C21H14Cl2F2N2O3. The summed E-state index contributed by atoms with van der Waals surface area (Å²) in [7, 11) is 1.44. The monoisotopic (exact) mass is 450 g/mol. The molecule has 3 aromatic carbocycles. The molecule has 5 nitrogen and oxygen atoms in total. The molecule has 0 saturated carbocycles. The molecule has 0 aliphatic carbocycles. The number of amides is 3. The van der Waals surface area contributed by atoms with Crippen molar-refractivity contribution in [2.24, 2.45) is 0 Å². The molecule has 0 atom stereocenters. The number of rotatable bonds is 4. The van der Waals surface area contributed by atoms with Crippen molar-refractivity contribution in [3.05, 3.63) is 81.8 Å². The van der Waals surface area contributed by atoms with Gasteiger partial charge in [0.2, 0.25) is 0 Å². The van der Waals surface area contributed by atoms with Crippen LogP contribution in [0.1, 0.15) is 10.4 Å². The summed E-state index contributed by atoms with van der Waals surface area (Å²) in [6.45, 7) is 0. The molecule has 0 unspecified atom stereocenters. The molecule has 0 radical (unpaired) electrons. The summed E-state index contributed by atoms with van der Waals surface area (Å²) in [6, 6.07) is 11.8. The Morgan fingerprint density at radius 1 is 0.933 bits per heavy atom. The summed E-state index contributed by atoms with van der Waals surface area (Å²) < 4.78 is 32.7. The van der Waals surface area contributed by atoms with E-state index >= 15 is 0 Å². The largest absolute Gasteiger partial charge is 0.496 e. The number of carbonyl (C=O) groups excluding carboxylic acids is 2. The highest BCUT2D eigenvalue weighted by Gasteiger charge is 2.19. The van der Waals surface area contributed by atoms with Gasteiger partial charge in [-0.2, -0.15) is 0 Å². The summed E-state index contributed by atoms with van der Waals surface area (Å²) in [5.41, 5.74) is 0.673. The molecule has 9 heteroatoms. The first-order valence-corrected chi connectivity index (χ1v) is 9.26. The first-order chi connectivity index (χ1) is 14.3. The van der Waals surface area contributed by atoms with Gasteiger partial charge in [-0.25, -0.2) is 13.6 Å². The van der Waals surface area contributed by atoms with Gasteiger partial charge in [0.15, 0.2) is 0 Å². The summed E-state index contributed by atoms with van der Waals surface area (Å²) >= 11 is 12.3. The molecule has 0 aromatic heterocycles. The third-order valence-corrected chi connectivity index (χ3v) is 4.94. The lowest BCUT2D eigenvalue weighted by atomic mass is 10.0. The van der Waals surface area contributed by atoms with Crippen LogP contribution in [0.2, 0.25) is 10.0 Å². The molecule has 3 rings (SSSR count). The Kier molecular flexibility index (Phi) is 6.54. The van der Waals surface area contributed by atoms with Crippen LogP contribution in [0.15, 0.2) is 54.6 Å². The highest BCUT2D eigenvalue weighted by Crippen LogP contribution is 2.39. The van der Waals surface area contributed by atoms with E-state index in [1.165, 1.54) is 13.2 Å². The molecule has 0 bridgehead atoms. The minimum Gasteiger partial charge on any atom is -0.496 e. The van der Waals surface area contributed by atoms with Crippen LogP contribution in [-0.4, -0.2) is 19.0 Å². The van der Waals surface area contributed by atoms with Gasteiger partial charge in [-0.05, 0) is 30.3 Å². The average Bonchev–Trinajstić information content (AvgIpc) is 2.70. The van der Waals surface area contributed by atoms with E-state index in [0.717, 1.165) is 18.2 Å². The fraction of sp³-hybridized carbons (Fsp3) is 0.0476. The maximum atomic E-state index is 13.7. The predicted octanol–water partition coefficient (Wildman–Crippen LogP) is 5.91. The van der Waals surface area contributed by atoms with E-state index in [0.29, 0.717) is 26.9 Å². The Hall–Kier alpha value is -3.16. The quantitative estimate of drug-likeness (QED) is 0.519. The fourth-order valence-electron chi connectivity index (χ4n) is 2.75. The van der Waals surface area contributed by atoms with Crippen LogP contribution in [0, 0.1) is 11.6 Å². The number of anilines is 1. The van der Waals surface area contributed by atoms with Crippen LogP contribution < -0.4 is 15.4 Å². The van der Waals surface area contributed by atoms with Gasteiger partial charge in [-0.15, -0.1) is 0 Å². The summed E-state index contributed by atoms with van der Waals surface area (Å²) in [6.07, 6.45) is 0. The standard InChI is InChI=1S/C21H14Cl2F2N2O3/c1-30-17-10-11(8-9-12(17)13-4-2-5-14(22)19(13)23)26-21(29)27-20(28)18-15(24)6-3-7-16(18)25/h2-10H,1H3,(H2,26,27,28,29). The van der Waals surface area contributed by atoms with Crippen molar-refractivity contribution >= 4 is 40.8 Å². The van der Waals surface area contributed by atoms with Gasteiger partial charge in [0.1, 0.15) is 22.9 Å². The second-order valence-electron chi connectivity index (χ2n) is 6.02. The molecule has 2 N–H and O–H groups in total. The fourth-order valence-corrected chi connectivity index (χ4v) is 3.15. The van der Waals surface area contributed by atoms with Crippen molar-refractivity contribution in [1.29, 1.82) is 0 Å². The number of nitrogens with one attached hydrogen (secondary N) is 2. The summed E-state index contributed by atoms with van der Waals surface area (Å²) in [4.78, 5) is 24.1. The number of hydrogen-bond acceptors (Lipinski definition) is 3. The van der Waals surface area contributed by atoms with E-state index in [4.69, 9.17) is 27.9 Å². The van der Waals surface area contributed by atoms with Crippen molar-refractivity contribution in [2.75, 3.05) is 12.4 Å². The number of carbonyl (C=O) groups is 2. The molecule has 154 valence electrons. The van der Waals surface area contributed by atoms with Crippen molar-refractivity contribution in [3.8, 4) is 16.9 Å². The lowest BCUT2D eigenvalue weighted by molar-refractivity contribution is 0.0959. The maximum absolute atomic E-state index is 13.7. The van der Waals surface area contributed by atoms with Crippen LogP contribution in [0.25, 0.3) is 11.1 Å². The lowest BCUT2D eigenvalue weighted by Crippen LogP contribution is -2.35. The number of methoxy groups -OCH3 is 1. The van der Waals surface area contributed by atoms with E-state index in [2.05, 4.69) is 5.32 Å². The van der Waals surface area contributed by atoms with Crippen molar-refractivity contribution in [1.82, 2.24) is 5.32 Å². The van der Waals surface area contributed by atoms with Crippen LogP contribution in [0.3, 0.4) is 0 Å². The molecule has 0 fully saturated rings. The minimum atomic E-state index is -1.21. The first-order valence-electron chi connectivity index (χ1n) is 8.50. The van der Waals surface area contributed by atoms with Gasteiger partial charge in [0.05, 0.1) is 17.2 Å². The Bertz CT molecular complexity index is 1120. The molecule has 0 heterocycles. The normalized spacial score (nSPS) is 10.4. The Morgan fingerprint density at radius 2 is 1.60 bits per heavy atom. The Morgan fingerprint density at radius 3 is 2.27 bits per heavy atom. The van der Waals surface area contributed by atoms with E-state index in [1.54, 1.807) is 30.3 Å². The van der Waals surface area contributed by atoms with E-state index in [-0.39, 0.29) is 5.69 Å². The second-order valence-corrected chi connectivity index (χ2v) is 6.81. The number of hydrogen-bond donors (Lipinski definition) is 2. The molecule has 0 aliphatic heterocycles. The van der Waals surface area contributed by atoms with Crippen LogP contribution in [0.5, 0.6) is 5.75 Å². The van der Waals surface area contributed by atoms with Crippen molar-refractivity contribution in [2.45, 2.75) is 0 Å². The Labute approximate surface area is 180 Å². The maximum Gasteiger partial charge on any atom is 0.326 e. The van der Waals surface area contributed by atoms with Crippen molar-refractivity contribution < 1.29 is 23.1 Å². The molecule has 3 aromatic rings. The number of halogens is 4. The van der Waals surface area contributed by atoms with Gasteiger partial charge >= 0.3 is 6.03 Å². The SMILES string of the molecule is COc1cc(NC(=O)NC(=O)c2c(F)cccc2F)ccc1-c1cccc(Cl)c1Cl. The highest BCUT2D eigenvalue weighted by atomic mass is 35.5. The number of benzene rings is 3. The number of imide groups is 1. The van der Waals surface area contributed by atoms with Gasteiger partial charge in [-0.3, -0.25) is 10.1 Å². The summed E-state index contributed by atoms with van der Waals surface area (Å²) in [5, 5.41) is 5.00. The van der Waals surface area contributed by atoms with Crippen molar-refractivity contribution in [3.63, 3.8) is 0 Å².